The monoisotopic (exact) mass is 343 g/mol. The van der Waals surface area contributed by atoms with Gasteiger partial charge in [-0.2, -0.15) is 0 Å². The normalized spacial score (nSPS) is 12.7. The topological polar surface area (TPSA) is 39.1 Å². The molecule has 2 aromatic carbocycles. The van der Waals surface area contributed by atoms with Gasteiger partial charge < -0.3 is 0 Å². The van der Waals surface area contributed by atoms with Gasteiger partial charge in [-0.15, -0.1) is 0 Å². The molecule has 0 saturated heterocycles. The lowest BCUT2D eigenvalue weighted by molar-refractivity contribution is 0.589. The van der Waals surface area contributed by atoms with Crippen LogP contribution in [0.25, 0.3) is 10.9 Å². The summed E-state index contributed by atoms with van der Waals surface area (Å²) in [5, 5.41) is 2.21. The average Bonchev–Trinajstić information content (AvgIpc) is 2.88. The first-order chi connectivity index (χ1) is 10.7. The second-order valence-electron chi connectivity index (χ2n) is 6.92. The van der Waals surface area contributed by atoms with Crippen molar-refractivity contribution in [3.05, 3.63) is 60.3 Å². The molecule has 0 N–H and O–H groups in total. The summed E-state index contributed by atoms with van der Waals surface area (Å²) < 4.78 is 27.6. The molecule has 23 heavy (non-hydrogen) atoms. The molecule has 0 amide bonds. The summed E-state index contributed by atoms with van der Waals surface area (Å²) in [5.41, 5.74) is 1.80. The Morgan fingerprint density at radius 1 is 0.913 bits per heavy atom. The lowest BCUT2D eigenvalue weighted by Gasteiger charge is -2.14. The number of para-hydroxylation sites is 1. The maximum absolute atomic E-state index is 13.1. The van der Waals surface area contributed by atoms with Gasteiger partial charge in [-0.1, -0.05) is 55.5 Å². The van der Waals surface area contributed by atoms with E-state index in [0.717, 1.165) is 16.5 Å². The van der Waals surface area contributed by atoms with E-state index in [1.165, 1.54) is 9.16 Å². The van der Waals surface area contributed by atoms with Crippen LogP contribution in [-0.4, -0.2) is 20.5 Å². The molecule has 3 nitrogen and oxygen atoms in total. The van der Waals surface area contributed by atoms with E-state index in [4.69, 9.17) is 0 Å². The van der Waals surface area contributed by atoms with Crippen LogP contribution in [0.15, 0.2) is 59.6 Å². The van der Waals surface area contributed by atoms with E-state index >= 15 is 0 Å². The van der Waals surface area contributed by atoms with Gasteiger partial charge in [0.15, 0.2) is 0 Å². The molecule has 0 saturated carbocycles. The van der Waals surface area contributed by atoms with Gasteiger partial charge in [0, 0.05) is 6.20 Å². The summed E-state index contributed by atoms with van der Waals surface area (Å²) in [4.78, 5) is 0.325. The van der Waals surface area contributed by atoms with Crippen molar-refractivity contribution in [2.45, 2.75) is 31.5 Å². The Labute approximate surface area is 138 Å². The molecule has 0 aliphatic rings. The molecule has 5 heteroatoms. The van der Waals surface area contributed by atoms with Crippen molar-refractivity contribution >= 4 is 34.2 Å². The highest BCUT2D eigenvalue weighted by molar-refractivity contribution is 7.90. The van der Waals surface area contributed by atoms with Gasteiger partial charge in [-0.05, 0) is 35.7 Å². The minimum atomic E-state index is -3.58. The summed E-state index contributed by atoms with van der Waals surface area (Å²) in [6.45, 7) is 8.65. The zero-order valence-electron chi connectivity index (χ0n) is 13.9. The number of hydrogen-bond donors (Lipinski definition) is 0. The molecule has 0 bridgehead atoms. The van der Waals surface area contributed by atoms with Gasteiger partial charge in [0.25, 0.3) is 10.0 Å². The maximum Gasteiger partial charge on any atom is 0.268 e. The first-order valence-electron chi connectivity index (χ1n) is 7.64. The fourth-order valence-electron chi connectivity index (χ4n) is 2.77. The number of benzene rings is 2. The van der Waals surface area contributed by atoms with Gasteiger partial charge in [0.05, 0.1) is 18.5 Å². The lowest BCUT2D eigenvalue weighted by atomic mass is 10.2. The van der Waals surface area contributed by atoms with Crippen molar-refractivity contribution in [3.8, 4) is 0 Å². The number of aryl methyl sites for hydroxylation is 1. The van der Waals surface area contributed by atoms with E-state index in [1.807, 2.05) is 49.5 Å². The van der Waals surface area contributed by atoms with Gasteiger partial charge in [-0.3, -0.25) is 0 Å². The van der Waals surface area contributed by atoms with Crippen LogP contribution in [0.1, 0.15) is 5.56 Å². The molecule has 0 radical (unpaired) electrons. The van der Waals surface area contributed by atoms with Crippen LogP contribution in [0.2, 0.25) is 19.6 Å². The lowest BCUT2D eigenvalue weighted by Crippen LogP contribution is -2.37. The summed E-state index contributed by atoms with van der Waals surface area (Å²) >= 11 is 0. The summed E-state index contributed by atoms with van der Waals surface area (Å²) in [7, 11) is -5.23. The molecule has 3 aromatic rings. The average molecular weight is 344 g/mol. The SMILES string of the molecule is Cc1ccc(S(=O)(=O)n2cc([Si](C)(C)C)c3ccccc32)cc1. The van der Waals surface area contributed by atoms with Crippen LogP contribution in [0, 0.1) is 6.92 Å². The van der Waals surface area contributed by atoms with Crippen LogP contribution < -0.4 is 5.19 Å². The van der Waals surface area contributed by atoms with Crippen LogP contribution in [0.3, 0.4) is 0 Å². The number of rotatable bonds is 3. The van der Waals surface area contributed by atoms with Crippen LogP contribution in [-0.2, 0) is 10.0 Å². The van der Waals surface area contributed by atoms with E-state index in [9.17, 15) is 8.42 Å². The Morgan fingerprint density at radius 2 is 1.52 bits per heavy atom. The van der Waals surface area contributed by atoms with E-state index in [2.05, 4.69) is 19.6 Å². The van der Waals surface area contributed by atoms with Gasteiger partial charge in [0.2, 0.25) is 0 Å². The summed E-state index contributed by atoms with van der Waals surface area (Å²) in [6.07, 6.45) is 1.83. The van der Waals surface area contributed by atoms with Crippen molar-refractivity contribution in [2.24, 2.45) is 0 Å². The Morgan fingerprint density at radius 3 is 2.13 bits per heavy atom. The van der Waals surface area contributed by atoms with Gasteiger partial charge in [-0.25, -0.2) is 12.4 Å². The second-order valence-corrected chi connectivity index (χ2v) is 13.8. The first-order valence-corrected chi connectivity index (χ1v) is 12.6. The Bertz CT molecular complexity index is 964. The number of hydrogen-bond acceptors (Lipinski definition) is 2. The third-order valence-corrected chi connectivity index (χ3v) is 7.77. The standard InChI is InChI=1S/C18H21NO2SSi/c1-14-9-11-15(12-10-14)22(20,21)19-13-18(23(2,3)4)16-7-5-6-8-17(16)19/h5-13H,1-4H3. The highest BCUT2D eigenvalue weighted by Gasteiger charge is 2.26. The van der Waals surface area contributed by atoms with Crippen molar-refractivity contribution < 1.29 is 8.42 Å². The fourth-order valence-corrected chi connectivity index (χ4v) is 5.77. The van der Waals surface area contributed by atoms with Crippen molar-refractivity contribution in [3.63, 3.8) is 0 Å². The van der Waals surface area contributed by atoms with E-state index in [1.54, 1.807) is 12.1 Å². The Balaban J connectivity index is 2.30. The molecule has 0 aliphatic carbocycles. The third kappa shape index (κ3) is 2.75. The van der Waals surface area contributed by atoms with Gasteiger partial charge >= 0.3 is 0 Å². The number of aromatic nitrogens is 1. The van der Waals surface area contributed by atoms with Crippen LogP contribution in [0.4, 0.5) is 0 Å². The van der Waals surface area contributed by atoms with Crippen molar-refractivity contribution in [2.75, 3.05) is 0 Å². The first kappa shape index (κ1) is 16.0. The molecule has 0 fully saturated rings. The molecule has 1 aromatic heterocycles. The Hall–Kier alpha value is -1.85. The zero-order chi connectivity index (χ0) is 16.8. The molecule has 0 spiro atoms. The van der Waals surface area contributed by atoms with E-state index in [0.29, 0.717) is 4.90 Å². The number of nitrogens with zero attached hydrogens (tertiary/aromatic N) is 1. The van der Waals surface area contributed by atoms with Crippen LogP contribution in [0.5, 0.6) is 0 Å². The fraction of sp³-hybridized carbons (Fsp3) is 0.222. The Kier molecular flexibility index (Phi) is 3.73. The second kappa shape index (κ2) is 5.35. The predicted octanol–water partition coefficient (Wildman–Crippen LogP) is 3.73. The van der Waals surface area contributed by atoms with Crippen LogP contribution >= 0.6 is 0 Å². The molecule has 0 atom stereocenters. The van der Waals surface area contributed by atoms with E-state index in [-0.39, 0.29) is 0 Å². The minimum Gasteiger partial charge on any atom is -0.241 e. The largest absolute Gasteiger partial charge is 0.268 e. The summed E-state index contributed by atoms with van der Waals surface area (Å²) in [5.74, 6) is 0. The quantitative estimate of drug-likeness (QED) is 0.680. The molecule has 0 aliphatic heterocycles. The zero-order valence-corrected chi connectivity index (χ0v) is 15.7. The smallest absolute Gasteiger partial charge is 0.241 e. The molecule has 120 valence electrons. The molecular formula is C18H21NO2SSi. The maximum atomic E-state index is 13.1. The van der Waals surface area contributed by atoms with Crippen molar-refractivity contribution in [1.29, 1.82) is 0 Å². The molecular weight excluding hydrogens is 322 g/mol. The van der Waals surface area contributed by atoms with Crippen molar-refractivity contribution in [1.82, 2.24) is 3.97 Å². The predicted molar refractivity (Wildman–Crippen MR) is 98.7 cm³/mol. The minimum absolute atomic E-state index is 0.325. The highest BCUT2D eigenvalue weighted by Crippen LogP contribution is 2.23. The highest BCUT2D eigenvalue weighted by atomic mass is 32.2. The van der Waals surface area contributed by atoms with E-state index < -0.39 is 18.1 Å². The third-order valence-electron chi connectivity index (χ3n) is 4.06. The van der Waals surface area contributed by atoms with Gasteiger partial charge in [0.1, 0.15) is 0 Å². The number of fused-ring (bicyclic) bond motifs is 1. The molecule has 0 unspecified atom stereocenters. The summed E-state index contributed by atoms with van der Waals surface area (Å²) in [6, 6.07) is 14.8. The molecule has 1 heterocycles. The molecule has 3 rings (SSSR count).